The molecule has 0 saturated carbocycles. The Bertz CT molecular complexity index is 904. The number of para-hydroxylation sites is 1. The van der Waals surface area contributed by atoms with Crippen LogP contribution in [0.25, 0.3) is 22.5 Å². The standard InChI is InChI=1S/C18H18N2O5/c1-25-17-9-11(5-6-15(17)22)14-10-13(19-20(14)7-8-21)12-3-2-4-16(23)18(12)24/h2-6,9-10,21-24H,7-8H2,1H3. The van der Waals surface area contributed by atoms with Crippen LogP contribution in [-0.4, -0.2) is 43.9 Å². The van der Waals surface area contributed by atoms with Crippen LogP contribution in [0.2, 0.25) is 0 Å². The minimum absolute atomic E-state index is 0.0188. The predicted molar refractivity (Wildman–Crippen MR) is 91.7 cm³/mol. The molecular formula is C18H18N2O5. The molecular weight excluding hydrogens is 324 g/mol. The zero-order valence-electron chi connectivity index (χ0n) is 13.5. The highest BCUT2D eigenvalue weighted by Crippen LogP contribution is 2.38. The molecule has 1 heterocycles. The van der Waals surface area contributed by atoms with E-state index in [9.17, 15) is 20.4 Å². The fraction of sp³-hybridized carbons (Fsp3) is 0.167. The van der Waals surface area contributed by atoms with Gasteiger partial charge in [0.05, 0.1) is 31.6 Å². The summed E-state index contributed by atoms with van der Waals surface area (Å²) in [6.07, 6.45) is 0. The molecule has 1 aromatic heterocycles. The number of phenols is 3. The van der Waals surface area contributed by atoms with E-state index >= 15 is 0 Å². The summed E-state index contributed by atoms with van der Waals surface area (Å²) in [6, 6.07) is 11.2. The first-order chi connectivity index (χ1) is 12.0. The summed E-state index contributed by atoms with van der Waals surface area (Å²) >= 11 is 0. The van der Waals surface area contributed by atoms with Gasteiger partial charge in [0.2, 0.25) is 0 Å². The summed E-state index contributed by atoms with van der Waals surface area (Å²) in [5, 5.41) is 43.2. The van der Waals surface area contributed by atoms with Gasteiger partial charge in [0.1, 0.15) is 0 Å². The van der Waals surface area contributed by atoms with Crippen molar-refractivity contribution in [1.29, 1.82) is 0 Å². The molecule has 3 rings (SSSR count). The molecule has 25 heavy (non-hydrogen) atoms. The average molecular weight is 342 g/mol. The topological polar surface area (TPSA) is 108 Å². The number of benzene rings is 2. The van der Waals surface area contributed by atoms with Crippen LogP contribution in [0.1, 0.15) is 0 Å². The number of rotatable bonds is 5. The Balaban J connectivity index is 2.14. The Labute approximate surface area is 144 Å². The van der Waals surface area contributed by atoms with E-state index in [-0.39, 0.29) is 30.4 Å². The van der Waals surface area contributed by atoms with Crippen molar-refractivity contribution in [2.24, 2.45) is 0 Å². The van der Waals surface area contributed by atoms with Gasteiger partial charge >= 0.3 is 0 Å². The number of aromatic hydroxyl groups is 3. The number of hydrogen-bond donors (Lipinski definition) is 4. The van der Waals surface area contributed by atoms with E-state index in [4.69, 9.17) is 4.74 Å². The van der Waals surface area contributed by atoms with Gasteiger partial charge in [0, 0.05) is 11.1 Å². The van der Waals surface area contributed by atoms with Crippen LogP contribution in [0.4, 0.5) is 0 Å². The quantitative estimate of drug-likeness (QED) is 0.530. The van der Waals surface area contributed by atoms with Crippen molar-refractivity contribution in [3.8, 4) is 45.5 Å². The lowest BCUT2D eigenvalue weighted by molar-refractivity contribution is 0.270. The molecule has 0 amide bonds. The van der Waals surface area contributed by atoms with Crippen molar-refractivity contribution in [1.82, 2.24) is 9.78 Å². The molecule has 0 unspecified atom stereocenters. The number of hydrogen-bond acceptors (Lipinski definition) is 6. The number of aliphatic hydroxyl groups excluding tert-OH is 1. The van der Waals surface area contributed by atoms with Crippen LogP contribution >= 0.6 is 0 Å². The van der Waals surface area contributed by atoms with Crippen LogP contribution in [-0.2, 0) is 6.54 Å². The summed E-state index contributed by atoms with van der Waals surface area (Å²) in [6.45, 7) is 0.132. The summed E-state index contributed by atoms with van der Waals surface area (Å²) in [7, 11) is 1.46. The lowest BCUT2D eigenvalue weighted by Gasteiger charge is -2.08. The van der Waals surface area contributed by atoms with Crippen molar-refractivity contribution < 1.29 is 25.2 Å². The third kappa shape index (κ3) is 3.09. The smallest absolute Gasteiger partial charge is 0.167 e. The van der Waals surface area contributed by atoms with E-state index < -0.39 is 0 Å². The zero-order valence-corrected chi connectivity index (χ0v) is 13.5. The van der Waals surface area contributed by atoms with Crippen LogP contribution in [0, 0.1) is 0 Å². The molecule has 7 nitrogen and oxygen atoms in total. The van der Waals surface area contributed by atoms with Gasteiger partial charge in [-0.3, -0.25) is 4.68 Å². The Morgan fingerprint density at radius 2 is 1.84 bits per heavy atom. The second-order valence-electron chi connectivity index (χ2n) is 5.42. The first-order valence-corrected chi connectivity index (χ1v) is 7.62. The van der Waals surface area contributed by atoms with Crippen molar-refractivity contribution in [2.45, 2.75) is 6.54 Å². The highest BCUT2D eigenvalue weighted by molar-refractivity contribution is 5.75. The monoisotopic (exact) mass is 342 g/mol. The molecule has 0 fully saturated rings. The fourth-order valence-electron chi connectivity index (χ4n) is 2.62. The maximum Gasteiger partial charge on any atom is 0.167 e. The van der Waals surface area contributed by atoms with E-state index in [1.165, 1.54) is 19.2 Å². The molecule has 0 bridgehead atoms. The number of aliphatic hydroxyl groups is 1. The molecule has 0 aliphatic heterocycles. The minimum Gasteiger partial charge on any atom is -0.504 e. The molecule has 0 spiro atoms. The second-order valence-corrected chi connectivity index (χ2v) is 5.42. The van der Waals surface area contributed by atoms with E-state index in [0.717, 1.165) is 5.56 Å². The van der Waals surface area contributed by atoms with Crippen LogP contribution in [0.5, 0.6) is 23.0 Å². The van der Waals surface area contributed by atoms with E-state index in [1.807, 2.05) is 0 Å². The summed E-state index contributed by atoms with van der Waals surface area (Å²) in [5.74, 6) is -0.158. The molecule has 7 heteroatoms. The SMILES string of the molecule is COc1cc(-c2cc(-c3cccc(O)c3O)nn2CCO)ccc1O. The van der Waals surface area contributed by atoms with E-state index in [2.05, 4.69) is 5.10 Å². The predicted octanol–water partition coefficient (Wildman–Crippen LogP) is 2.33. The van der Waals surface area contributed by atoms with Gasteiger partial charge in [-0.1, -0.05) is 6.07 Å². The summed E-state index contributed by atoms with van der Waals surface area (Å²) in [5.41, 5.74) is 2.22. The normalized spacial score (nSPS) is 10.8. The van der Waals surface area contributed by atoms with Crippen molar-refractivity contribution >= 4 is 0 Å². The number of aromatic nitrogens is 2. The molecule has 0 saturated heterocycles. The first-order valence-electron chi connectivity index (χ1n) is 7.62. The molecule has 3 aromatic rings. The van der Waals surface area contributed by atoms with Crippen molar-refractivity contribution in [2.75, 3.05) is 13.7 Å². The first kappa shape index (κ1) is 16.7. The number of methoxy groups -OCH3 is 1. The van der Waals surface area contributed by atoms with Gasteiger partial charge in [0.25, 0.3) is 0 Å². The van der Waals surface area contributed by atoms with Gasteiger partial charge in [0.15, 0.2) is 23.0 Å². The molecule has 2 aromatic carbocycles. The Kier molecular flexibility index (Phi) is 4.49. The lowest BCUT2D eigenvalue weighted by Crippen LogP contribution is -2.05. The van der Waals surface area contributed by atoms with Crippen LogP contribution in [0.15, 0.2) is 42.5 Å². The average Bonchev–Trinajstić information content (AvgIpc) is 3.02. The molecule has 4 N–H and O–H groups in total. The van der Waals surface area contributed by atoms with Crippen molar-refractivity contribution in [3.63, 3.8) is 0 Å². The maximum atomic E-state index is 10.1. The second kappa shape index (κ2) is 6.74. The van der Waals surface area contributed by atoms with Gasteiger partial charge in [-0.15, -0.1) is 0 Å². The highest BCUT2D eigenvalue weighted by atomic mass is 16.5. The third-order valence-corrected chi connectivity index (χ3v) is 3.86. The number of nitrogens with zero attached hydrogens (tertiary/aromatic N) is 2. The molecule has 130 valence electrons. The van der Waals surface area contributed by atoms with Crippen molar-refractivity contribution in [3.05, 3.63) is 42.5 Å². The van der Waals surface area contributed by atoms with E-state index in [1.54, 1.807) is 35.0 Å². The Hall–Kier alpha value is -3.19. The zero-order chi connectivity index (χ0) is 18.0. The maximum absolute atomic E-state index is 10.1. The fourth-order valence-corrected chi connectivity index (χ4v) is 2.62. The largest absolute Gasteiger partial charge is 0.504 e. The Morgan fingerprint density at radius 3 is 2.56 bits per heavy atom. The minimum atomic E-state index is -0.258. The molecule has 0 radical (unpaired) electrons. The van der Waals surface area contributed by atoms with Gasteiger partial charge in [-0.25, -0.2) is 0 Å². The molecule has 0 aliphatic rings. The number of ether oxygens (including phenoxy) is 1. The van der Waals surface area contributed by atoms with Crippen LogP contribution in [0.3, 0.4) is 0 Å². The summed E-state index contributed by atoms with van der Waals surface area (Å²) < 4.78 is 6.72. The van der Waals surface area contributed by atoms with Gasteiger partial charge < -0.3 is 25.2 Å². The summed E-state index contributed by atoms with van der Waals surface area (Å²) in [4.78, 5) is 0. The molecule has 0 aliphatic carbocycles. The molecule has 0 atom stereocenters. The van der Waals surface area contributed by atoms with Crippen LogP contribution < -0.4 is 4.74 Å². The van der Waals surface area contributed by atoms with Gasteiger partial charge in [-0.05, 0) is 36.4 Å². The highest BCUT2D eigenvalue weighted by Gasteiger charge is 2.16. The van der Waals surface area contributed by atoms with Gasteiger partial charge in [-0.2, -0.15) is 5.10 Å². The number of phenolic OH excluding ortho intramolecular Hbond substituents is 3. The third-order valence-electron chi connectivity index (χ3n) is 3.86. The van der Waals surface area contributed by atoms with E-state index in [0.29, 0.717) is 22.7 Å². The Morgan fingerprint density at radius 1 is 1.04 bits per heavy atom. The lowest BCUT2D eigenvalue weighted by atomic mass is 10.1.